The van der Waals surface area contributed by atoms with Crippen LogP contribution in [0.25, 0.3) is 0 Å². The van der Waals surface area contributed by atoms with E-state index in [1.165, 1.54) is 0 Å². The normalized spacial score (nSPS) is 10.2. The number of hydrogen-bond donors (Lipinski definition) is 4. The number of rotatable bonds is 10. The van der Waals surface area contributed by atoms with Gasteiger partial charge in [0.05, 0.1) is 13.2 Å². The van der Waals surface area contributed by atoms with Gasteiger partial charge in [0.15, 0.2) is 0 Å². The van der Waals surface area contributed by atoms with E-state index in [1.54, 1.807) is 50.4 Å². The second-order valence-electron chi connectivity index (χ2n) is 6.66. The van der Waals surface area contributed by atoms with E-state index < -0.39 is 0 Å². The van der Waals surface area contributed by atoms with Crippen LogP contribution >= 0.6 is 0 Å². The minimum absolute atomic E-state index is 0.0271. The summed E-state index contributed by atoms with van der Waals surface area (Å²) in [5.41, 5.74) is 3.31. The number of benzene rings is 2. The highest BCUT2D eigenvalue weighted by Gasteiger charge is 2.09. The monoisotopic (exact) mass is 412 g/mol. The van der Waals surface area contributed by atoms with Crippen molar-refractivity contribution in [2.24, 2.45) is 0 Å². The maximum atomic E-state index is 12.3. The number of anilines is 3. The molecule has 2 aromatic carbocycles. The van der Waals surface area contributed by atoms with Gasteiger partial charge in [-0.15, -0.1) is 0 Å². The van der Waals surface area contributed by atoms with Crippen LogP contribution in [0.4, 0.5) is 17.1 Å². The molecule has 0 radical (unpaired) electrons. The molecule has 0 saturated heterocycles. The highest BCUT2D eigenvalue weighted by molar-refractivity contribution is 5.97. The average Bonchev–Trinajstić information content (AvgIpc) is 2.74. The Kier molecular flexibility index (Phi) is 8.83. The smallest absolute Gasteiger partial charge is 0.251 e. The molecule has 0 heterocycles. The Balaban J connectivity index is 1.92. The minimum atomic E-state index is -0.249. The van der Waals surface area contributed by atoms with Crippen LogP contribution in [0, 0.1) is 6.92 Å². The number of methoxy groups -OCH3 is 1. The average molecular weight is 412 g/mol. The first kappa shape index (κ1) is 22.9. The summed E-state index contributed by atoms with van der Waals surface area (Å²) in [4.78, 5) is 36.0. The van der Waals surface area contributed by atoms with Crippen LogP contribution in [0.2, 0.25) is 0 Å². The Bertz CT molecular complexity index is 898. The zero-order valence-electron chi connectivity index (χ0n) is 17.5. The van der Waals surface area contributed by atoms with Gasteiger partial charge in [0.2, 0.25) is 11.8 Å². The van der Waals surface area contributed by atoms with Crippen LogP contribution in [-0.2, 0) is 14.3 Å². The van der Waals surface area contributed by atoms with Crippen LogP contribution in [0.15, 0.2) is 42.5 Å². The number of hydrogen-bond acceptors (Lipinski definition) is 5. The molecule has 0 atom stereocenters. The van der Waals surface area contributed by atoms with Crippen LogP contribution in [0.3, 0.4) is 0 Å². The van der Waals surface area contributed by atoms with Crippen molar-refractivity contribution in [3.8, 4) is 0 Å². The molecule has 4 N–H and O–H groups in total. The molecular formula is C22H28N4O4. The summed E-state index contributed by atoms with van der Waals surface area (Å²) in [6, 6.07) is 12.2. The van der Waals surface area contributed by atoms with Crippen LogP contribution in [-0.4, -0.2) is 44.5 Å². The van der Waals surface area contributed by atoms with Crippen molar-refractivity contribution in [2.75, 3.05) is 42.8 Å². The van der Waals surface area contributed by atoms with Gasteiger partial charge < -0.3 is 26.0 Å². The lowest BCUT2D eigenvalue weighted by Crippen LogP contribution is -2.27. The Morgan fingerprint density at radius 2 is 1.77 bits per heavy atom. The van der Waals surface area contributed by atoms with Gasteiger partial charge in [0, 0.05) is 42.7 Å². The Morgan fingerprint density at radius 3 is 2.50 bits per heavy atom. The summed E-state index contributed by atoms with van der Waals surface area (Å²) in [6.07, 6.45) is 0.378. The number of amides is 3. The quantitative estimate of drug-likeness (QED) is 0.449. The Labute approximate surface area is 176 Å². The third-order valence-electron chi connectivity index (χ3n) is 4.29. The molecule has 8 heteroatoms. The van der Waals surface area contributed by atoms with E-state index >= 15 is 0 Å². The van der Waals surface area contributed by atoms with E-state index in [0.29, 0.717) is 42.2 Å². The van der Waals surface area contributed by atoms with Crippen molar-refractivity contribution in [1.82, 2.24) is 5.32 Å². The van der Waals surface area contributed by atoms with Gasteiger partial charge in [-0.3, -0.25) is 14.4 Å². The molecule has 0 bridgehead atoms. The van der Waals surface area contributed by atoms with Crippen LogP contribution < -0.4 is 21.3 Å². The van der Waals surface area contributed by atoms with Crippen LogP contribution in [0.1, 0.15) is 29.3 Å². The number of ether oxygens (including phenoxy) is 1. The number of aryl methyl sites for hydroxylation is 1. The fourth-order valence-electron chi connectivity index (χ4n) is 2.60. The molecule has 2 rings (SSSR count). The van der Waals surface area contributed by atoms with Gasteiger partial charge >= 0.3 is 0 Å². The van der Waals surface area contributed by atoms with Crippen molar-refractivity contribution in [3.63, 3.8) is 0 Å². The third kappa shape index (κ3) is 7.21. The largest absolute Gasteiger partial charge is 0.383 e. The maximum absolute atomic E-state index is 12.3. The third-order valence-corrected chi connectivity index (χ3v) is 4.29. The van der Waals surface area contributed by atoms with Gasteiger partial charge in [0.25, 0.3) is 5.91 Å². The zero-order valence-corrected chi connectivity index (χ0v) is 17.5. The molecule has 0 fully saturated rings. The van der Waals surface area contributed by atoms with E-state index in [4.69, 9.17) is 4.74 Å². The zero-order chi connectivity index (χ0) is 21.9. The first-order valence-electron chi connectivity index (χ1n) is 9.74. The minimum Gasteiger partial charge on any atom is -0.383 e. The molecule has 30 heavy (non-hydrogen) atoms. The molecule has 0 aliphatic heterocycles. The van der Waals surface area contributed by atoms with Crippen molar-refractivity contribution in [3.05, 3.63) is 53.6 Å². The molecule has 0 unspecified atom stereocenters. The molecule has 0 saturated carbocycles. The summed E-state index contributed by atoms with van der Waals surface area (Å²) in [6.45, 7) is 4.55. The van der Waals surface area contributed by atoms with E-state index in [9.17, 15) is 14.4 Å². The van der Waals surface area contributed by atoms with Crippen molar-refractivity contribution in [1.29, 1.82) is 0 Å². The summed E-state index contributed by atoms with van der Waals surface area (Å²) in [5.74, 6) is -0.544. The molecule has 0 spiro atoms. The standard InChI is InChI=1S/C22H28N4O4/c1-4-20(27)26-19-13-18(9-8-15(19)2)25-21(28)14-24-17-7-5-6-16(12-17)22(29)23-10-11-30-3/h5-9,12-13,24H,4,10-11,14H2,1-3H3,(H,23,29)(H,25,28)(H,26,27). The second kappa shape index (κ2) is 11.6. The molecule has 0 aliphatic rings. The topological polar surface area (TPSA) is 109 Å². The van der Waals surface area contributed by atoms with Gasteiger partial charge in [-0.1, -0.05) is 19.1 Å². The Hall–Kier alpha value is -3.39. The summed E-state index contributed by atoms with van der Waals surface area (Å²) >= 11 is 0. The predicted octanol–water partition coefficient (Wildman–Crippen LogP) is 2.77. The van der Waals surface area contributed by atoms with Crippen molar-refractivity contribution in [2.45, 2.75) is 20.3 Å². The summed E-state index contributed by atoms with van der Waals surface area (Å²) < 4.78 is 4.91. The highest BCUT2D eigenvalue weighted by Crippen LogP contribution is 2.20. The second-order valence-corrected chi connectivity index (χ2v) is 6.66. The van der Waals surface area contributed by atoms with Crippen molar-refractivity contribution >= 4 is 34.8 Å². The van der Waals surface area contributed by atoms with Gasteiger partial charge in [-0.05, 0) is 42.8 Å². The molecule has 160 valence electrons. The lowest BCUT2D eigenvalue weighted by molar-refractivity contribution is -0.116. The first-order chi connectivity index (χ1) is 14.4. The lowest BCUT2D eigenvalue weighted by Gasteiger charge is -2.12. The number of carbonyl (C=O) groups is 3. The molecule has 8 nitrogen and oxygen atoms in total. The van der Waals surface area contributed by atoms with E-state index in [0.717, 1.165) is 5.56 Å². The van der Waals surface area contributed by atoms with E-state index in [2.05, 4.69) is 21.3 Å². The number of nitrogens with one attached hydrogen (secondary N) is 4. The molecule has 0 aliphatic carbocycles. The van der Waals surface area contributed by atoms with Crippen molar-refractivity contribution < 1.29 is 19.1 Å². The molecule has 0 aromatic heterocycles. The van der Waals surface area contributed by atoms with Crippen LogP contribution in [0.5, 0.6) is 0 Å². The molecule has 3 amide bonds. The fourth-order valence-corrected chi connectivity index (χ4v) is 2.60. The first-order valence-corrected chi connectivity index (χ1v) is 9.74. The maximum Gasteiger partial charge on any atom is 0.251 e. The molecule has 2 aromatic rings. The molecular weight excluding hydrogens is 384 g/mol. The van der Waals surface area contributed by atoms with Gasteiger partial charge in [0.1, 0.15) is 0 Å². The predicted molar refractivity (Wildman–Crippen MR) is 118 cm³/mol. The lowest BCUT2D eigenvalue weighted by atomic mass is 10.1. The number of carbonyl (C=O) groups excluding carboxylic acids is 3. The SMILES string of the molecule is CCC(=O)Nc1cc(NC(=O)CNc2cccc(C(=O)NCCOC)c2)ccc1C. The summed E-state index contributed by atoms with van der Waals surface area (Å²) in [5, 5.41) is 11.4. The fraction of sp³-hybridized carbons (Fsp3) is 0.318. The highest BCUT2D eigenvalue weighted by atomic mass is 16.5. The Morgan fingerprint density at radius 1 is 0.967 bits per heavy atom. The van der Waals surface area contributed by atoms with E-state index in [-0.39, 0.29) is 24.3 Å². The van der Waals surface area contributed by atoms with Gasteiger partial charge in [-0.2, -0.15) is 0 Å². The van der Waals surface area contributed by atoms with E-state index in [1.807, 2.05) is 13.0 Å². The summed E-state index contributed by atoms with van der Waals surface area (Å²) in [7, 11) is 1.57. The van der Waals surface area contributed by atoms with Gasteiger partial charge in [-0.25, -0.2) is 0 Å².